The van der Waals surface area contributed by atoms with Crippen molar-refractivity contribution in [1.29, 1.82) is 0 Å². The number of aliphatic hydroxyl groups excluding tert-OH is 2. The molecule has 3 atom stereocenters. The molecule has 28 heavy (non-hydrogen) atoms. The van der Waals surface area contributed by atoms with Crippen LogP contribution in [0.3, 0.4) is 0 Å². The number of aryl methyl sites for hydroxylation is 1. The number of aliphatic imine (C=N–C) groups is 1. The molecule has 6 nitrogen and oxygen atoms in total. The predicted molar refractivity (Wildman–Crippen MR) is 115 cm³/mol. The number of aliphatic hydroxyl groups is 2. The van der Waals surface area contributed by atoms with Gasteiger partial charge in [-0.2, -0.15) is 0 Å². The smallest absolute Gasteiger partial charge is 0.194 e. The summed E-state index contributed by atoms with van der Waals surface area (Å²) < 4.78 is 0. The number of unbranched alkanes of at least 4 members (excludes halogenated alkanes) is 2. The van der Waals surface area contributed by atoms with E-state index in [2.05, 4.69) is 29.8 Å². The monoisotopic (exact) mass is 390 g/mol. The van der Waals surface area contributed by atoms with E-state index in [0.29, 0.717) is 18.9 Å². The van der Waals surface area contributed by atoms with Gasteiger partial charge in [0, 0.05) is 26.1 Å². The first kappa shape index (κ1) is 22.7. The quantitative estimate of drug-likeness (QED) is 0.506. The van der Waals surface area contributed by atoms with Crippen LogP contribution in [0.1, 0.15) is 64.0 Å². The Balaban J connectivity index is 2.07. The Morgan fingerprint density at radius 1 is 1.25 bits per heavy atom. The molecule has 1 aliphatic heterocycles. The van der Waals surface area contributed by atoms with Gasteiger partial charge in [-0.05, 0) is 32.3 Å². The van der Waals surface area contributed by atoms with Crippen LogP contribution in [0.4, 0.5) is 0 Å². The normalized spacial score (nSPS) is 23.3. The second-order valence-electron chi connectivity index (χ2n) is 8.25. The second kappa shape index (κ2) is 10.2. The van der Waals surface area contributed by atoms with Crippen molar-refractivity contribution in [2.24, 2.45) is 10.7 Å². The van der Waals surface area contributed by atoms with Gasteiger partial charge in [-0.1, -0.05) is 56.5 Å². The maximum absolute atomic E-state index is 11.0. The predicted octanol–water partition coefficient (Wildman–Crippen LogP) is 2.81. The number of hydrogen-bond donors (Lipinski definition) is 3. The Morgan fingerprint density at radius 2 is 1.89 bits per heavy atom. The molecule has 1 aromatic carbocycles. The SMILES string of the molecule is CCCCN(CCCC)C(O)CC1(C)N=C(N)N(Cc2cccc(C)c2)C1O. The van der Waals surface area contributed by atoms with Crippen LogP contribution >= 0.6 is 0 Å². The zero-order chi connectivity index (χ0) is 20.7. The Morgan fingerprint density at radius 3 is 2.46 bits per heavy atom. The van der Waals surface area contributed by atoms with Crippen LogP contribution in [0.25, 0.3) is 0 Å². The molecule has 0 saturated heterocycles. The fourth-order valence-corrected chi connectivity index (χ4v) is 3.80. The molecule has 0 bridgehead atoms. The van der Waals surface area contributed by atoms with Crippen LogP contribution in [-0.2, 0) is 6.54 Å². The second-order valence-corrected chi connectivity index (χ2v) is 8.25. The topological polar surface area (TPSA) is 85.3 Å². The summed E-state index contributed by atoms with van der Waals surface area (Å²) in [5.41, 5.74) is 7.58. The molecule has 4 N–H and O–H groups in total. The first-order valence-corrected chi connectivity index (χ1v) is 10.6. The zero-order valence-corrected chi connectivity index (χ0v) is 17.9. The highest BCUT2D eigenvalue weighted by molar-refractivity contribution is 5.81. The Hall–Kier alpha value is -1.63. The van der Waals surface area contributed by atoms with E-state index in [1.165, 1.54) is 5.56 Å². The maximum Gasteiger partial charge on any atom is 0.194 e. The molecular formula is C22H38N4O2. The van der Waals surface area contributed by atoms with E-state index in [1.807, 2.05) is 32.0 Å². The lowest BCUT2D eigenvalue weighted by Gasteiger charge is -2.35. The largest absolute Gasteiger partial charge is 0.378 e. The van der Waals surface area contributed by atoms with Crippen molar-refractivity contribution in [2.75, 3.05) is 13.1 Å². The number of guanidine groups is 1. The average molecular weight is 391 g/mol. The van der Waals surface area contributed by atoms with Gasteiger partial charge in [0.25, 0.3) is 0 Å². The molecule has 0 fully saturated rings. The molecule has 3 unspecified atom stereocenters. The van der Waals surface area contributed by atoms with E-state index in [9.17, 15) is 10.2 Å². The third-order valence-corrected chi connectivity index (χ3v) is 5.57. The van der Waals surface area contributed by atoms with Crippen LogP contribution in [0.15, 0.2) is 29.3 Å². The highest BCUT2D eigenvalue weighted by Gasteiger charge is 2.45. The first-order valence-electron chi connectivity index (χ1n) is 10.6. The number of hydrogen-bond acceptors (Lipinski definition) is 6. The van der Waals surface area contributed by atoms with Gasteiger partial charge < -0.3 is 20.8 Å². The van der Waals surface area contributed by atoms with Gasteiger partial charge in [-0.15, -0.1) is 0 Å². The molecule has 0 aromatic heterocycles. The summed E-state index contributed by atoms with van der Waals surface area (Å²) >= 11 is 0. The lowest BCUT2D eigenvalue weighted by molar-refractivity contribution is -0.0562. The summed E-state index contributed by atoms with van der Waals surface area (Å²) in [6, 6.07) is 8.15. The van der Waals surface area contributed by atoms with Gasteiger partial charge in [0.1, 0.15) is 11.8 Å². The van der Waals surface area contributed by atoms with Crippen LogP contribution in [-0.4, -0.2) is 57.1 Å². The maximum atomic E-state index is 11.0. The molecular weight excluding hydrogens is 352 g/mol. The lowest BCUT2D eigenvalue weighted by atomic mass is 9.94. The van der Waals surface area contributed by atoms with Crippen LogP contribution in [0.2, 0.25) is 0 Å². The van der Waals surface area contributed by atoms with Crippen molar-refractivity contribution in [2.45, 2.75) is 84.3 Å². The van der Waals surface area contributed by atoms with Crippen molar-refractivity contribution in [3.63, 3.8) is 0 Å². The molecule has 158 valence electrons. The molecule has 0 radical (unpaired) electrons. The van der Waals surface area contributed by atoms with E-state index >= 15 is 0 Å². The molecule has 1 aliphatic rings. The highest BCUT2D eigenvalue weighted by atomic mass is 16.3. The zero-order valence-electron chi connectivity index (χ0n) is 17.9. The third kappa shape index (κ3) is 5.69. The number of nitrogens with two attached hydrogens (primary N) is 1. The number of nitrogens with zero attached hydrogens (tertiary/aromatic N) is 3. The summed E-state index contributed by atoms with van der Waals surface area (Å²) in [6.45, 7) is 10.4. The molecule has 0 spiro atoms. The van der Waals surface area contributed by atoms with E-state index in [-0.39, 0.29) is 0 Å². The molecule has 1 heterocycles. The van der Waals surface area contributed by atoms with Crippen LogP contribution in [0.5, 0.6) is 0 Å². The first-order chi connectivity index (χ1) is 13.3. The van der Waals surface area contributed by atoms with E-state index < -0.39 is 18.0 Å². The van der Waals surface area contributed by atoms with Gasteiger partial charge in [0.2, 0.25) is 0 Å². The molecule has 6 heteroatoms. The van der Waals surface area contributed by atoms with Gasteiger partial charge in [0.05, 0.1) is 0 Å². The average Bonchev–Trinajstić information content (AvgIpc) is 2.84. The van der Waals surface area contributed by atoms with Crippen LogP contribution < -0.4 is 5.73 Å². The summed E-state index contributed by atoms with van der Waals surface area (Å²) in [7, 11) is 0. The van der Waals surface area contributed by atoms with Gasteiger partial charge in [-0.3, -0.25) is 4.90 Å². The summed E-state index contributed by atoms with van der Waals surface area (Å²) in [5.74, 6) is 0.331. The molecule has 0 amide bonds. The molecule has 1 aromatic rings. The van der Waals surface area contributed by atoms with Crippen molar-refractivity contribution in [3.8, 4) is 0 Å². The highest BCUT2D eigenvalue weighted by Crippen LogP contribution is 2.32. The molecule has 0 saturated carbocycles. The summed E-state index contributed by atoms with van der Waals surface area (Å²) in [6.07, 6.45) is 3.12. The number of rotatable bonds is 11. The van der Waals surface area contributed by atoms with Crippen molar-refractivity contribution < 1.29 is 10.2 Å². The minimum absolute atomic E-state index is 0.331. The van der Waals surface area contributed by atoms with E-state index in [4.69, 9.17) is 5.73 Å². The van der Waals surface area contributed by atoms with Gasteiger partial charge in [0.15, 0.2) is 12.2 Å². The fraction of sp³-hybridized carbons (Fsp3) is 0.682. The van der Waals surface area contributed by atoms with Crippen molar-refractivity contribution >= 4 is 5.96 Å². The number of benzene rings is 1. The Bertz CT molecular complexity index is 643. The minimum Gasteiger partial charge on any atom is -0.378 e. The van der Waals surface area contributed by atoms with E-state index in [1.54, 1.807) is 4.90 Å². The Labute approximate surface area is 170 Å². The van der Waals surface area contributed by atoms with Crippen LogP contribution in [0, 0.1) is 6.92 Å². The van der Waals surface area contributed by atoms with Crippen molar-refractivity contribution in [1.82, 2.24) is 9.80 Å². The summed E-state index contributed by atoms with van der Waals surface area (Å²) in [4.78, 5) is 8.41. The third-order valence-electron chi connectivity index (χ3n) is 5.57. The van der Waals surface area contributed by atoms with Gasteiger partial charge in [-0.25, -0.2) is 4.99 Å². The van der Waals surface area contributed by atoms with E-state index in [0.717, 1.165) is 44.3 Å². The fourth-order valence-electron chi connectivity index (χ4n) is 3.80. The molecule has 2 rings (SSSR count). The lowest BCUT2D eigenvalue weighted by Crippen LogP contribution is -2.50. The standard InChI is InChI=1S/C22H38N4O2/c1-5-7-12-25(13-8-6-2)19(27)15-22(4)20(28)26(21(23)24-22)16-18-11-9-10-17(3)14-18/h9-11,14,19-20,27-28H,5-8,12-13,15-16H2,1-4H3,(H2,23,24). The van der Waals surface area contributed by atoms with Crippen molar-refractivity contribution in [3.05, 3.63) is 35.4 Å². The van der Waals surface area contributed by atoms with Gasteiger partial charge >= 0.3 is 0 Å². The minimum atomic E-state index is -0.859. The molecule has 0 aliphatic carbocycles. The Kier molecular flexibility index (Phi) is 8.28. The summed E-state index contributed by atoms with van der Waals surface area (Å²) in [5, 5.41) is 21.9.